The zero-order chi connectivity index (χ0) is 22.4. The maximum absolute atomic E-state index is 12.9. The summed E-state index contributed by atoms with van der Waals surface area (Å²) in [6.45, 7) is 16.2. The Hall–Kier alpha value is -2.29. The molecule has 0 bridgehead atoms. The lowest BCUT2D eigenvalue weighted by Gasteiger charge is -2.34. The number of hydrogen-bond acceptors (Lipinski definition) is 5. The van der Waals surface area contributed by atoms with E-state index in [-0.39, 0.29) is 18.2 Å². The van der Waals surface area contributed by atoms with E-state index >= 15 is 0 Å². The Labute approximate surface area is 180 Å². The van der Waals surface area contributed by atoms with Gasteiger partial charge in [-0.15, -0.1) is 0 Å². The highest BCUT2D eigenvalue weighted by atomic mass is 16.6. The third-order valence-corrected chi connectivity index (χ3v) is 4.74. The van der Waals surface area contributed by atoms with Gasteiger partial charge in [-0.1, -0.05) is 0 Å². The zero-order valence-corrected chi connectivity index (χ0v) is 19.4. The summed E-state index contributed by atoms with van der Waals surface area (Å²) >= 11 is 0. The molecular weight excluding hydrogens is 384 g/mol. The highest BCUT2D eigenvalue weighted by molar-refractivity contribution is 5.79. The maximum Gasteiger partial charge on any atom is 0.412 e. The molecule has 2 N–H and O–H groups in total. The van der Waals surface area contributed by atoms with Gasteiger partial charge in [-0.2, -0.15) is 0 Å². The molecule has 0 aliphatic carbocycles. The molecule has 1 saturated heterocycles. The zero-order valence-electron chi connectivity index (χ0n) is 19.4. The topological polar surface area (TPSA) is 93.0 Å². The van der Waals surface area contributed by atoms with Crippen LogP contribution >= 0.6 is 0 Å². The number of nitrogens with zero attached hydrogens (tertiary/aromatic N) is 4. The molecule has 0 aromatic carbocycles. The summed E-state index contributed by atoms with van der Waals surface area (Å²) in [4.78, 5) is 23.3. The first kappa shape index (κ1) is 24.0. The van der Waals surface area contributed by atoms with Gasteiger partial charge in [0.15, 0.2) is 5.96 Å². The number of carbonyl (C=O) groups is 1. The molecule has 0 spiro atoms. The molecule has 9 nitrogen and oxygen atoms in total. The molecule has 0 radical (unpaired) electrons. The number of guanidine groups is 1. The van der Waals surface area contributed by atoms with Gasteiger partial charge in [-0.25, -0.2) is 9.78 Å². The minimum Gasteiger partial charge on any atom is -0.444 e. The molecule has 2 rings (SSSR count). The number of aliphatic imine (C=N–C) groups is 1. The lowest BCUT2D eigenvalue weighted by molar-refractivity contribution is -0.0755. The summed E-state index contributed by atoms with van der Waals surface area (Å²) < 4.78 is 13.7. The predicted octanol–water partition coefficient (Wildman–Crippen LogP) is 2.59. The number of aryl methyl sites for hydroxylation is 1. The van der Waals surface area contributed by atoms with Gasteiger partial charge in [0.05, 0.1) is 25.0 Å². The van der Waals surface area contributed by atoms with E-state index in [1.54, 1.807) is 11.1 Å². The molecule has 1 fully saturated rings. The highest BCUT2D eigenvalue weighted by Crippen LogP contribution is 2.33. The van der Waals surface area contributed by atoms with Crippen LogP contribution in [-0.2, 0) is 16.0 Å². The summed E-state index contributed by atoms with van der Waals surface area (Å²) in [6, 6.07) is -0.212. The van der Waals surface area contributed by atoms with Crippen molar-refractivity contribution in [3.05, 3.63) is 18.7 Å². The van der Waals surface area contributed by atoms with E-state index in [2.05, 4.69) is 15.6 Å². The van der Waals surface area contributed by atoms with Gasteiger partial charge in [0, 0.05) is 32.0 Å². The van der Waals surface area contributed by atoms with Crippen LogP contribution in [0.1, 0.15) is 54.9 Å². The van der Waals surface area contributed by atoms with Crippen molar-refractivity contribution in [1.82, 2.24) is 25.1 Å². The SMILES string of the molecule is CCNC(=NCC1C(C)OC(C)(C)N1C(=O)OC(C)(C)C)NCCCn1ccnc1. The molecule has 2 heterocycles. The Morgan fingerprint density at radius 2 is 2.07 bits per heavy atom. The summed E-state index contributed by atoms with van der Waals surface area (Å²) in [6.07, 6.45) is 5.96. The second-order valence-electron chi connectivity index (χ2n) is 8.99. The second kappa shape index (κ2) is 10.1. The van der Waals surface area contributed by atoms with Crippen LogP contribution in [-0.4, -0.2) is 69.6 Å². The Morgan fingerprint density at radius 3 is 2.67 bits per heavy atom. The van der Waals surface area contributed by atoms with Crippen LogP contribution in [0.5, 0.6) is 0 Å². The molecule has 2 unspecified atom stereocenters. The predicted molar refractivity (Wildman–Crippen MR) is 117 cm³/mol. The van der Waals surface area contributed by atoms with Crippen LogP contribution in [0.25, 0.3) is 0 Å². The van der Waals surface area contributed by atoms with Crippen molar-refractivity contribution in [2.75, 3.05) is 19.6 Å². The molecule has 1 aromatic heterocycles. The number of imidazole rings is 1. The minimum atomic E-state index is -0.751. The van der Waals surface area contributed by atoms with Crippen LogP contribution < -0.4 is 10.6 Å². The second-order valence-corrected chi connectivity index (χ2v) is 8.99. The van der Waals surface area contributed by atoms with E-state index in [9.17, 15) is 4.79 Å². The van der Waals surface area contributed by atoms with Gasteiger partial charge >= 0.3 is 6.09 Å². The van der Waals surface area contributed by atoms with E-state index < -0.39 is 11.3 Å². The van der Waals surface area contributed by atoms with Crippen LogP contribution in [0.4, 0.5) is 4.79 Å². The van der Waals surface area contributed by atoms with E-state index in [1.165, 1.54) is 0 Å². The van der Waals surface area contributed by atoms with Crippen LogP contribution in [0, 0.1) is 0 Å². The molecule has 9 heteroatoms. The van der Waals surface area contributed by atoms with Gasteiger partial charge in [0.1, 0.15) is 11.3 Å². The first-order valence-electron chi connectivity index (χ1n) is 10.7. The third kappa shape index (κ3) is 6.90. The normalized spacial score (nSPS) is 21.6. The van der Waals surface area contributed by atoms with E-state index in [0.717, 1.165) is 32.0 Å². The van der Waals surface area contributed by atoms with Gasteiger partial charge < -0.3 is 24.7 Å². The molecule has 170 valence electrons. The molecule has 1 aliphatic rings. The molecule has 0 saturated carbocycles. The largest absolute Gasteiger partial charge is 0.444 e. The lowest BCUT2D eigenvalue weighted by atomic mass is 10.1. The monoisotopic (exact) mass is 422 g/mol. The Morgan fingerprint density at radius 1 is 1.33 bits per heavy atom. The van der Waals surface area contributed by atoms with Crippen molar-refractivity contribution in [2.24, 2.45) is 4.99 Å². The number of ether oxygens (including phenoxy) is 2. The molecule has 30 heavy (non-hydrogen) atoms. The fourth-order valence-electron chi connectivity index (χ4n) is 3.51. The van der Waals surface area contributed by atoms with Crippen molar-refractivity contribution in [3.8, 4) is 0 Å². The third-order valence-electron chi connectivity index (χ3n) is 4.74. The van der Waals surface area contributed by atoms with Crippen molar-refractivity contribution in [1.29, 1.82) is 0 Å². The number of carbonyl (C=O) groups excluding carboxylic acids is 1. The van der Waals surface area contributed by atoms with Crippen molar-refractivity contribution < 1.29 is 14.3 Å². The summed E-state index contributed by atoms with van der Waals surface area (Å²) in [5.74, 6) is 0.726. The number of amides is 1. The van der Waals surface area contributed by atoms with Crippen LogP contribution in [0.3, 0.4) is 0 Å². The average molecular weight is 423 g/mol. The molecule has 2 atom stereocenters. The summed E-state index contributed by atoms with van der Waals surface area (Å²) in [5, 5.41) is 6.62. The first-order valence-corrected chi connectivity index (χ1v) is 10.7. The van der Waals surface area contributed by atoms with Gasteiger partial charge in [-0.3, -0.25) is 9.89 Å². The molecule has 1 aromatic rings. The van der Waals surface area contributed by atoms with E-state index in [4.69, 9.17) is 14.5 Å². The lowest BCUT2D eigenvalue weighted by Crippen LogP contribution is -2.51. The van der Waals surface area contributed by atoms with Crippen molar-refractivity contribution in [3.63, 3.8) is 0 Å². The summed E-state index contributed by atoms with van der Waals surface area (Å²) in [5.41, 5.74) is -1.32. The van der Waals surface area contributed by atoms with E-state index in [0.29, 0.717) is 6.54 Å². The standard InChI is InChI=1S/C21H38N6O3/c1-8-23-18(24-10-9-12-26-13-11-22-15-26)25-14-17-16(2)29-21(6,7)27(17)19(28)30-20(3,4)5/h11,13,15-17H,8-10,12,14H2,1-7H3,(H2,23,24,25). The molecule has 1 amide bonds. The van der Waals surface area contributed by atoms with Crippen molar-refractivity contribution >= 4 is 12.1 Å². The minimum absolute atomic E-state index is 0.152. The number of hydrogen-bond donors (Lipinski definition) is 2. The molecule has 1 aliphatic heterocycles. The quantitative estimate of drug-likeness (QED) is 0.399. The molecular formula is C21H38N6O3. The van der Waals surface area contributed by atoms with Crippen molar-refractivity contribution in [2.45, 2.75) is 84.9 Å². The Bertz CT molecular complexity index is 696. The fourth-order valence-corrected chi connectivity index (χ4v) is 3.51. The number of aromatic nitrogens is 2. The van der Waals surface area contributed by atoms with Crippen LogP contribution in [0.2, 0.25) is 0 Å². The Kier molecular flexibility index (Phi) is 8.11. The van der Waals surface area contributed by atoms with Gasteiger partial charge in [0.25, 0.3) is 0 Å². The smallest absolute Gasteiger partial charge is 0.412 e. The highest BCUT2D eigenvalue weighted by Gasteiger charge is 2.49. The number of rotatable bonds is 7. The van der Waals surface area contributed by atoms with E-state index in [1.807, 2.05) is 65.6 Å². The Balaban J connectivity index is 2.00. The first-order chi connectivity index (χ1) is 14.0. The maximum atomic E-state index is 12.9. The van der Waals surface area contributed by atoms with Gasteiger partial charge in [0.2, 0.25) is 0 Å². The fraction of sp³-hybridized carbons (Fsp3) is 0.762. The average Bonchev–Trinajstić information content (AvgIpc) is 3.20. The van der Waals surface area contributed by atoms with Crippen LogP contribution in [0.15, 0.2) is 23.7 Å². The number of nitrogens with one attached hydrogen (secondary N) is 2. The van der Waals surface area contributed by atoms with Gasteiger partial charge in [-0.05, 0) is 54.9 Å². The summed E-state index contributed by atoms with van der Waals surface area (Å²) in [7, 11) is 0.